The standard InChI is InChI=1S/C26H24FN7O2/c1-14-9-16(3-7-20(14)27)12-28-25(35)22-11-23(30-13-29-22)26(36)32-21-8-5-17-10-18(4-6-19(17)21)24-31-15(2)33-34-24/h3-4,6-7,9-11,13,21H,5,8,12H2,1-2H3,(H,28,35)(H,32,36)(H,31,33,34)/t21-/m0/s1. The molecule has 0 unspecified atom stereocenters. The number of hydrogen-bond donors (Lipinski definition) is 3. The minimum atomic E-state index is -0.450. The van der Waals surface area contributed by atoms with Crippen molar-refractivity contribution in [2.75, 3.05) is 0 Å². The first kappa shape index (κ1) is 23.3. The summed E-state index contributed by atoms with van der Waals surface area (Å²) in [4.78, 5) is 37.9. The van der Waals surface area contributed by atoms with E-state index in [-0.39, 0.29) is 35.7 Å². The third kappa shape index (κ3) is 4.83. The SMILES string of the molecule is Cc1nc(-c2ccc3c(c2)CC[C@@H]3NC(=O)c2cc(C(=O)NCc3ccc(F)c(C)c3)ncn2)n[nH]1. The molecule has 2 aromatic carbocycles. The molecule has 0 spiro atoms. The van der Waals surface area contributed by atoms with E-state index in [1.54, 1.807) is 19.1 Å². The monoisotopic (exact) mass is 485 g/mol. The summed E-state index contributed by atoms with van der Waals surface area (Å²) in [6.07, 6.45) is 2.77. The number of fused-ring (bicyclic) bond motifs is 1. The molecular formula is C26H24FN7O2. The van der Waals surface area contributed by atoms with Gasteiger partial charge in [0.05, 0.1) is 6.04 Å². The van der Waals surface area contributed by atoms with Crippen LogP contribution in [0.2, 0.25) is 0 Å². The van der Waals surface area contributed by atoms with Gasteiger partial charge in [0.2, 0.25) is 0 Å². The van der Waals surface area contributed by atoms with E-state index in [1.807, 2.05) is 19.1 Å². The van der Waals surface area contributed by atoms with Crippen LogP contribution in [0.5, 0.6) is 0 Å². The van der Waals surface area contributed by atoms with Crippen molar-refractivity contribution in [3.63, 3.8) is 0 Å². The summed E-state index contributed by atoms with van der Waals surface area (Å²) in [6, 6.07) is 11.8. The number of nitrogens with one attached hydrogen (secondary N) is 3. The maximum atomic E-state index is 13.5. The zero-order chi connectivity index (χ0) is 25.2. The first-order valence-electron chi connectivity index (χ1n) is 11.6. The quantitative estimate of drug-likeness (QED) is 0.385. The molecule has 10 heteroatoms. The molecule has 2 heterocycles. The Morgan fingerprint density at radius 3 is 2.61 bits per heavy atom. The third-order valence-corrected chi connectivity index (χ3v) is 6.19. The number of H-pyrrole nitrogens is 1. The summed E-state index contributed by atoms with van der Waals surface area (Å²) in [5.74, 6) is 0.261. The molecular weight excluding hydrogens is 461 g/mol. The number of aromatic nitrogens is 5. The lowest BCUT2D eigenvalue weighted by molar-refractivity contribution is 0.0931. The van der Waals surface area contributed by atoms with Crippen LogP contribution in [-0.2, 0) is 13.0 Å². The number of carbonyl (C=O) groups excluding carboxylic acids is 2. The minimum Gasteiger partial charge on any atom is -0.347 e. The van der Waals surface area contributed by atoms with Gasteiger partial charge in [0.15, 0.2) is 5.82 Å². The molecule has 182 valence electrons. The Kier molecular flexibility index (Phi) is 6.24. The zero-order valence-corrected chi connectivity index (χ0v) is 19.8. The Labute approximate surface area is 206 Å². The molecule has 3 N–H and O–H groups in total. The van der Waals surface area contributed by atoms with Gasteiger partial charge in [0, 0.05) is 18.2 Å². The number of carbonyl (C=O) groups is 2. The molecule has 2 amide bonds. The second-order valence-electron chi connectivity index (χ2n) is 8.78. The highest BCUT2D eigenvalue weighted by Crippen LogP contribution is 2.33. The largest absolute Gasteiger partial charge is 0.347 e. The van der Waals surface area contributed by atoms with Crippen molar-refractivity contribution < 1.29 is 14.0 Å². The molecule has 1 aliphatic carbocycles. The van der Waals surface area contributed by atoms with E-state index < -0.39 is 5.91 Å². The number of amides is 2. The van der Waals surface area contributed by atoms with E-state index in [9.17, 15) is 14.0 Å². The molecule has 0 fully saturated rings. The van der Waals surface area contributed by atoms with Gasteiger partial charge < -0.3 is 10.6 Å². The predicted molar refractivity (Wildman–Crippen MR) is 129 cm³/mol. The molecule has 9 nitrogen and oxygen atoms in total. The fraction of sp³-hybridized carbons (Fsp3) is 0.231. The van der Waals surface area contributed by atoms with Crippen molar-refractivity contribution in [2.24, 2.45) is 0 Å². The van der Waals surface area contributed by atoms with Crippen LogP contribution in [0.25, 0.3) is 11.4 Å². The molecule has 0 saturated carbocycles. The van der Waals surface area contributed by atoms with Gasteiger partial charge in [0.1, 0.15) is 29.4 Å². The minimum absolute atomic E-state index is 0.0762. The molecule has 4 aromatic rings. The van der Waals surface area contributed by atoms with Crippen molar-refractivity contribution >= 4 is 11.8 Å². The van der Waals surface area contributed by atoms with Gasteiger partial charge in [-0.2, -0.15) is 5.10 Å². The van der Waals surface area contributed by atoms with Crippen molar-refractivity contribution in [3.05, 3.63) is 94.1 Å². The fourth-order valence-corrected chi connectivity index (χ4v) is 4.31. The van der Waals surface area contributed by atoms with Crippen molar-refractivity contribution in [3.8, 4) is 11.4 Å². The van der Waals surface area contributed by atoms with Crippen LogP contribution in [0.3, 0.4) is 0 Å². The molecule has 0 aliphatic heterocycles. The Morgan fingerprint density at radius 1 is 1.06 bits per heavy atom. The van der Waals surface area contributed by atoms with Crippen LogP contribution in [0.4, 0.5) is 4.39 Å². The van der Waals surface area contributed by atoms with E-state index >= 15 is 0 Å². The van der Waals surface area contributed by atoms with Crippen LogP contribution in [-0.4, -0.2) is 37.0 Å². The van der Waals surface area contributed by atoms with Crippen LogP contribution in [0.15, 0.2) is 48.8 Å². The van der Waals surface area contributed by atoms with E-state index in [0.29, 0.717) is 11.4 Å². The lowest BCUT2D eigenvalue weighted by Gasteiger charge is -2.14. The topological polar surface area (TPSA) is 126 Å². The van der Waals surface area contributed by atoms with Crippen LogP contribution >= 0.6 is 0 Å². The molecule has 5 rings (SSSR count). The average Bonchev–Trinajstić information content (AvgIpc) is 3.50. The molecule has 36 heavy (non-hydrogen) atoms. The molecule has 0 saturated heterocycles. The molecule has 0 bridgehead atoms. The van der Waals surface area contributed by atoms with Gasteiger partial charge in [-0.1, -0.05) is 24.3 Å². The summed E-state index contributed by atoms with van der Waals surface area (Å²) >= 11 is 0. The van der Waals surface area contributed by atoms with E-state index in [0.717, 1.165) is 40.9 Å². The van der Waals surface area contributed by atoms with Crippen LogP contribution in [0.1, 0.15) is 61.5 Å². The first-order chi connectivity index (χ1) is 17.4. The lowest BCUT2D eigenvalue weighted by atomic mass is 10.0. The van der Waals surface area contributed by atoms with Crippen molar-refractivity contribution in [2.45, 2.75) is 39.3 Å². The number of aryl methyl sites for hydroxylation is 3. The van der Waals surface area contributed by atoms with E-state index in [1.165, 1.54) is 18.5 Å². The highest BCUT2D eigenvalue weighted by Gasteiger charge is 2.26. The van der Waals surface area contributed by atoms with Gasteiger partial charge in [-0.15, -0.1) is 0 Å². The van der Waals surface area contributed by atoms with Gasteiger partial charge >= 0.3 is 0 Å². The Morgan fingerprint density at radius 2 is 1.86 bits per heavy atom. The van der Waals surface area contributed by atoms with E-state index in [4.69, 9.17) is 0 Å². The highest BCUT2D eigenvalue weighted by atomic mass is 19.1. The first-order valence-corrected chi connectivity index (χ1v) is 11.6. The second-order valence-corrected chi connectivity index (χ2v) is 8.78. The Bertz CT molecular complexity index is 1470. The summed E-state index contributed by atoms with van der Waals surface area (Å²) in [5, 5.41) is 12.8. The van der Waals surface area contributed by atoms with Crippen LogP contribution < -0.4 is 10.6 Å². The van der Waals surface area contributed by atoms with Gasteiger partial charge in [-0.25, -0.2) is 19.3 Å². The molecule has 0 radical (unpaired) electrons. The number of rotatable bonds is 6. The second kappa shape index (κ2) is 9.65. The summed E-state index contributed by atoms with van der Waals surface area (Å²) < 4.78 is 13.5. The third-order valence-electron chi connectivity index (χ3n) is 6.19. The zero-order valence-electron chi connectivity index (χ0n) is 19.8. The summed E-state index contributed by atoms with van der Waals surface area (Å²) in [6.45, 7) is 3.72. The molecule has 1 atom stereocenters. The maximum Gasteiger partial charge on any atom is 0.270 e. The van der Waals surface area contributed by atoms with Crippen molar-refractivity contribution in [1.29, 1.82) is 0 Å². The predicted octanol–water partition coefficient (Wildman–Crippen LogP) is 3.36. The highest BCUT2D eigenvalue weighted by molar-refractivity contribution is 5.97. The summed E-state index contributed by atoms with van der Waals surface area (Å²) in [7, 11) is 0. The number of hydrogen-bond acceptors (Lipinski definition) is 6. The molecule has 1 aliphatic rings. The lowest BCUT2D eigenvalue weighted by Crippen LogP contribution is -2.29. The Balaban J connectivity index is 1.24. The van der Waals surface area contributed by atoms with E-state index in [2.05, 4.69) is 41.8 Å². The number of nitrogens with zero attached hydrogens (tertiary/aromatic N) is 4. The number of aromatic amines is 1. The van der Waals surface area contributed by atoms with Gasteiger partial charge in [-0.05, 0) is 61.1 Å². The van der Waals surface area contributed by atoms with Gasteiger partial charge in [0.25, 0.3) is 11.8 Å². The van der Waals surface area contributed by atoms with Crippen molar-refractivity contribution in [1.82, 2.24) is 35.8 Å². The number of halogens is 1. The van der Waals surface area contributed by atoms with Gasteiger partial charge in [-0.3, -0.25) is 14.7 Å². The summed E-state index contributed by atoms with van der Waals surface area (Å²) in [5.41, 5.74) is 4.55. The number of benzene rings is 2. The maximum absolute atomic E-state index is 13.5. The Hall–Kier alpha value is -4.47. The van der Waals surface area contributed by atoms with Crippen LogP contribution in [0, 0.1) is 19.7 Å². The smallest absolute Gasteiger partial charge is 0.270 e. The fourth-order valence-electron chi connectivity index (χ4n) is 4.31. The average molecular weight is 486 g/mol. The normalized spacial score (nSPS) is 14.4. The molecule has 2 aromatic heterocycles.